The molecule has 1 nitrogen and oxygen atoms in total. The number of halogens is 1. The van der Waals surface area contributed by atoms with Crippen LogP contribution in [0.1, 0.15) is 6.92 Å². The third kappa shape index (κ3) is 0.394. The van der Waals surface area contributed by atoms with Crippen LogP contribution in [0.25, 0.3) is 0 Å². The molecule has 0 heterocycles. The Balaban J connectivity index is 1.83. The van der Waals surface area contributed by atoms with Gasteiger partial charge in [-0.1, -0.05) is 22.6 Å². The lowest BCUT2D eigenvalue weighted by Gasteiger charge is -2.63. The summed E-state index contributed by atoms with van der Waals surface area (Å²) in [6.07, 6.45) is 0. The van der Waals surface area contributed by atoms with Crippen molar-refractivity contribution in [2.45, 2.75) is 16.4 Å². The molecule has 6 fully saturated rings. The molecule has 0 spiro atoms. The van der Waals surface area contributed by atoms with Crippen molar-refractivity contribution >= 4 is 22.6 Å². The summed E-state index contributed by atoms with van der Waals surface area (Å²) in [5.41, 5.74) is -0.254. The molecule has 0 saturated heterocycles. The SMILES string of the molecule is C[C@@]1(O)[C@@H]2[C@@H]3[C@@H]4[C@@H]5[C@@H](I)[C@@H]([C@H]42)[C@H]1[C@@H]53. The molecule has 0 aliphatic heterocycles. The van der Waals surface area contributed by atoms with Crippen LogP contribution in [0.2, 0.25) is 0 Å². The summed E-state index contributed by atoms with van der Waals surface area (Å²) in [5.74, 6) is 7.38. The van der Waals surface area contributed by atoms with Crippen molar-refractivity contribution < 1.29 is 5.11 Å². The van der Waals surface area contributed by atoms with Crippen molar-refractivity contribution in [2.75, 3.05) is 0 Å². The van der Waals surface area contributed by atoms with Gasteiger partial charge in [0.25, 0.3) is 0 Å². The Hall–Kier alpha value is 0.690. The fraction of sp³-hybridized carbons (Fsp3) is 1.00. The van der Waals surface area contributed by atoms with E-state index < -0.39 is 0 Å². The molecule has 6 saturated carbocycles. The lowest BCUT2D eigenvalue weighted by atomic mass is 9.41. The normalized spacial score (nSPS) is 90.2. The predicted octanol–water partition coefficient (Wildman–Crippen LogP) is 1.54. The number of aliphatic hydroxyl groups is 1. The fourth-order valence-electron chi connectivity index (χ4n) is 6.57. The van der Waals surface area contributed by atoms with Crippen LogP contribution in [0.5, 0.6) is 0 Å². The van der Waals surface area contributed by atoms with Crippen LogP contribution >= 0.6 is 22.6 Å². The Morgan fingerprint density at radius 3 is 2.00 bits per heavy atom. The summed E-state index contributed by atoms with van der Waals surface area (Å²) in [7, 11) is 0. The molecule has 2 heteroatoms. The standard InChI is InChI=1S/C11H13IO/c1-11(13)8-3-2-4(8)7-9(11)5(3)6(2)10(7)12/h2-10,13H,1H3/t2-,3+,4-,5+,6-,7-,8+,9+,10+,11+/m0/s1. The van der Waals surface area contributed by atoms with Crippen LogP contribution < -0.4 is 0 Å². The van der Waals surface area contributed by atoms with E-state index in [1.807, 2.05) is 0 Å². The highest BCUT2D eigenvalue weighted by atomic mass is 127. The van der Waals surface area contributed by atoms with Crippen LogP contribution in [-0.4, -0.2) is 14.6 Å². The van der Waals surface area contributed by atoms with E-state index >= 15 is 0 Å². The molecule has 0 unspecified atom stereocenters. The van der Waals surface area contributed by atoms with Gasteiger partial charge < -0.3 is 5.11 Å². The van der Waals surface area contributed by atoms with Crippen molar-refractivity contribution in [2.24, 2.45) is 47.3 Å². The minimum Gasteiger partial charge on any atom is -0.390 e. The maximum absolute atomic E-state index is 10.5. The second-order valence-corrected chi connectivity index (χ2v) is 7.62. The van der Waals surface area contributed by atoms with E-state index in [-0.39, 0.29) is 5.60 Å². The molecule has 6 rings (SSSR count). The Labute approximate surface area is 91.4 Å². The van der Waals surface area contributed by atoms with Gasteiger partial charge in [-0.15, -0.1) is 0 Å². The zero-order valence-electron chi connectivity index (χ0n) is 7.52. The average molecular weight is 288 g/mol. The largest absolute Gasteiger partial charge is 0.390 e. The van der Waals surface area contributed by atoms with Gasteiger partial charge in [-0.25, -0.2) is 0 Å². The lowest BCUT2D eigenvalue weighted by molar-refractivity contribution is -0.177. The molecule has 13 heavy (non-hydrogen) atoms. The van der Waals surface area contributed by atoms with E-state index in [0.29, 0.717) is 5.92 Å². The average Bonchev–Trinajstić information content (AvgIpc) is 2.42. The van der Waals surface area contributed by atoms with Crippen LogP contribution in [0.15, 0.2) is 0 Å². The number of rotatable bonds is 0. The van der Waals surface area contributed by atoms with E-state index in [9.17, 15) is 5.11 Å². The maximum atomic E-state index is 10.5. The molecule has 70 valence electrons. The zero-order valence-corrected chi connectivity index (χ0v) is 9.68. The van der Waals surface area contributed by atoms with E-state index in [1.165, 1.54) is 0 Å². The van der Waals surface area contributed by atoms with Gasteiger partial charge in [-0.3, -0.25) is 0 Å². The van der Waals surface area contributed by atoms with Crippen LogP contribution in [-0.2, 0) is 0 Å². The topological polar surface area (TPSA) is 20.2 Å². The molecule has 4 bridgehead atoms. The third-order valence-electron chi connectivity index (χ3n) is 6.41. The first-order valence-electron chi connectivity index (χ1n) is 5.52. The molecule has 0 aromatic heterocycles. The fourth-order valence-corrected chi connectivity index (χ4v) is 8.45. The monoisotopic (exact) mass is 288 g/mol. The van der Waals surface area contributed by atoms with Gasteiger partial charge in [0.15, 0.2) is 0 Å². The van der Waals surface area contributed by atoms with Crippen LogP contribution in [0.4, 0.5) is 0 Å². The molecule has 10 atom stereocenters. The number of alkyl halides is 1. The molecule has 6 aliphatic carbocycles. The first-order chi connectivity index (χ1) is 6.15. The van der Waals surface area contributed by atoms with Crippen LogP contribution in [0, 0.1) is 47.3 Å². The Kier molecular flexibility index (Phi) is 0.828. The Morgan fingerprint density at radius 2 is 1.46 bits per heavy atom. The van der Waals surface area contributed by atoms with Gasteiger partial charge in [0, 0.05) is 3.92 Å². The van der Waals surface area contributed by atoms with Crippen molar-refractivity contribution in [1.82, 2.24) is 0 Å². The molecule has 0 aromatic rings. The number of hydrogen-bond donors (Lipinski definition) is 1. The summed E-state index contributed by atoms with van der Waals surface area (Å²) < 4.78 is 0.929. The summed E-state index contributed by atoms with van der Waals surface area (Å²) in [5, 5.41) is 10.5. The van der Waals surface area contributed by atoms with Crippen molar-refractivity contribution in [1.29, 1.82) is 0 Å². The van der Waals surface area contributed by atoms with Gasteiger partial charge >= 0.3 is 0 Å². The predicted molar refractivity (Wildman–Crippen MR) is 56.4 cm³/mol. The highest BCUT2D eigenvalue weighted by Crippen LogP contribution is 2.91. The molecular formula is C11H13IO. The summed E-state index contributed by atoms with van der Waals surface area (Å²) in [6.45, 7) is 2.13. The highest BCUT2D eigenvalue weighted by Gasteiger charge is 2.91. The van der Waals surface area contributed by atoms with Gasteiger partial charge in [-0.2, -0.15) is 0 Å². The van der Waals surface area contributed by atoms with E-state index in [1.54, 1.807) is 0 Å². The van der Waals surface area contributed by atoms with E-state index in [2.05, 4.69) is 29.5 Å². The van der Waals surface area contributed by atoms with Gasteiger partial charge in [0.1, 0.15) is 0 Å². The first kappa shape index (κ1) is 7.04. The van der Waals surface area contributed by atoms with Gasteiger partial charge in [0.2, 0.25) is 0 Å². The van der Waals surface area contributed by atoms with Crippen molar-refractivity contribution in [3.8, 4) is 0 Å². The Morgan fingerprint density at radius 1 is 0.923 bits per heavy atom. The quantitative estimate of drug-likeness (QED) is 0.529. The number of hydrogen-bond acceptors (Lipinski definition) is 1. The highest BCUT2D eigenvalue weighted by molar-refractivity contribution is 14.1. The summed E-state index contributed by atoms with van der Waals surface area (Å²) in [6, 6.07) is 0. The second-order valence-electron chi connectivity index (χ2n) is 6.19. The molecule has 1 N–H and O–H groups in total. The third-order valence-corrected chi connectivity index (χ3v) is 8.07. The summed E-state index contributed by atoms with van der Waals surface area (Å²) >= 11 is 2.68. The van der Waals surface area contributed by atoms with E-state index in [0.717, 1.165) is 45.3 Å². The van der Waals surface area contributed by atoms with E-state index in [4.69, 9.17) is 0 Å². The first-order valence-corrected chi connectivity index (χ1v) is 6.76. The maximum Gasteiger partial charge on any atom is 0.0687 e. The molecule has 0 amide bonds. The second kappa shape index (κ2) is 1.53. The molecule has 6 aliphatic rings. The molecule has 0 radical (unpaired) electrons. The lowest BCUT2D eigenvalue weighted by Crippen LogP contribution is -2.61. The van der Waals surface area contributed by atoms with Crippen molar-refractivity contribution in [3.05, 3.63) is 0 Å². The van der Waals surface area contributed by atoms with Gasteiger partial charge in [0.05, 0.1) is 5.60 Å². The minimum atomic E-state index is -0.254. The van der Waals surface area contributed by atoms with Crippen LogP contribution in [0.3, 0.4) is 0 Å². The smallest absolute Gasteiger partial charge is 0.0687 e. The minimum absolute atomic E-state index is 0.254. The molecular weight excluding hydrogens is 275 g/mol. The summed E-state index contributed by atoms with van der Waals surface area (Å²) in [4.78, 5) is 0. The Bertz CT molecular complexity index is 337. The zero-order chi connectivity index (χ0) is 8.70. The van der Waals surface area contributed by atoms with Crippen molar-refractivity contribution in [3.63, 3.8) is 0 Å². The van der Waals surface area contributed by atoms with Gasteiger partial charge in [-0.05, 0) is 54.3 Å². The molecule has 0 aromatic carbocycles.